The van der Waals surface area contributed by atoms with Crippen LogP contribution in [0.1, 0.15) is 25.8 Å². The van der Waals surface area contributed by atoms with Crippen molar-refractivity contribution in [3.05, 3.63) is 96.1 Å². The van der Waals surface area contributed by atoms with Crippen LogP contribution < -0.4 is 9.62 Å². The molecule has 2 amide bonds. The number of anilines is 1. The van der Waals surface area contributed by atoms with Crippen LogP contribution >= 0.6 is 0 Å². The maximum Gasteiger partial charge on any atom is 0.264 e. The summed E-state index contributed by atoms with van der Waals surface area (Å²) < 4.78 is 55.0. The number of carbonyl (C=O) groups is 2. The summed E-state index contributed by atoms with van der Waals surface area (Å²) in [5, 5.41) is 2.75. The molecule has 0 saturated heterocycles. The Balaban J connectivity index is 1.98. The molecule has 3 aromatic carbocycles. The highest BCUT2D eigenvalue weighted by Gasteiger charge is 2.32. The highest BCUT2D eigenvalue weighted by molar-refractivity contribution is 7.92. The van der Waals surface area contributed by atoms with Crippen molar-refractivity contribution in [1.82, 2.24) is 10.2 Å². The number of carbonyl (C=O) groups excluding carboxylic acids is 2. The van der Waals surface area contributed by atoms with E-state index in [1.807, 2.05) is 6.92 Å². The molecule has 7 nitrogen and oxygen atoms in total. The van der Waals surface area contributed by atoms with Gasteiger partial charge in [-0.2, -0.15) is 0 Å². The topological polar surface area (TPSA) is 86.8 Å². The minimum atomic E-state index is -4.27. The van der Waals surface area contributed by atoms with Crippen molar-refractivity contribution in [2.45, 2.75) is 37.8 Å². The number of rotatable bonds is 11. The van der Waals surface area contributed by atoms with E-state index in [0.717, 1.165) is 28.6 Å². The zero-order valence-corrected chi connectivity index (χ0v) is 21.4. The molecule has 0 saturated carbocycles. The molecule has 37 heavy (non-hydrogen) atoms. The quantitative estimate of drug-likeness (QED) is 0.405. The van der Waals surface area contributed by atoms with Gasteiger partial charge in [0.15, 0.2) is 0 Å². The minimum Gasteiger partial charge on any atom is -0.354 e. The van der Waals surface area contributed by atoms with Crippen molar-refractivity contribution in [1.29, 1.82) is 0 Å². The van der Waals surface area contributed by atoms with Crippen LogP contribution in [0.25, 0.3) is 0 Å². The van der Waals surface area contributed by atoms with E-state index in [2.05, 4.69) is 5.32 Å². The van der Waals surface area contributed by atoms with Crippen LogP contribution in [-0.2, 0) is 26.2 Å². The molecule has 0 aromatic heterocycles. The smallest absolute Gasteiger partial charge is 0.264 e. The lowest BCUT2D eigenvalue weighted by Crippen LogP contribution is -2.51. The lowest BCUT2D eigenvalue weighted by molar-refractivity contribution is -0.139. The van der Waals surface area contributed by atoms with Crippen LogP contribution in [0.5, 0.6) is 0 Å². The monoisotopic (exact) mass is 529 g/mol. The van der Waals surface area contributed by atoms with Gasteiger partial charge in [-0.3, -0.25) is 13.9 Å². The number of benzene rings is 3. The molecule has 0 bridgehead atoms. The van der Waals surface area contributed by atoms with Crippen LogP contribution in [0.4, 0.5) is 14.5 Å². The van der Waals surface area contributed by atoms with Crippen LogP contribution in [-0.4, -0.2) is 44.3 Å². The van der Waals surface area contributed by atoms with E-state index in [4.69, 9.17) is 0 Å². The normalized spacial score (nSPS) is 12.0. The lowest BCUT2D eigenvalue weighted by Gasteiger charge is -2.32. The summed E-state index contributed by atoms with van der Waals surface area (Å²) in [6, 6.07) is 16.9. The summed E-state index contributed by atoms with van der Waals surface area (Å²) in [6.07, 6.45) is 0.696. The SMILES string of the molecule is CCCNC(=O)C(C)N(Cc1ccc(F)cc1)C(=O)CN(c1ccccc1)S(=O)(=O)c1ccc(F)cc1. The van der Waals surface area contributed by atoms with Gasteiger partial charge in [-0.1, -0.05) is 37.3 Å². The second-order valence-electron chi connectivity index (χ2n) is 8.42. The first-order valence-electron chi connectivity index (χ1n) is 11.8. The largest absolute Gasteiger partial charge is 0.354 e. The molecule has 3 rings (SSSR count). The number of amides is 2. The number of halogens is 2. The van der Waals surface area contributed by atoms with Crippen molar-refractivity contribution in [3.63, 3.8) is 0 Å². The fourth-order valence-electron chi connectivity index (χ4n) is 3.62. The van der Waals surface area contributed by atoms with Gasteiger partial charge in [0.05, 0.1) is 10.6 Å². The third-order valence-corrected chi connectivity index (χ3v) is 7.50. The average molecular weight is 530 g/mol. The number of hydrogen-bond donors (Lipinski definition) is 1. The molecular formula is C27H29F2N3O4S. The molecule has 1 unspecified atom stereocenters. The zero-order valence-electron chi connectivity index (χ0n) is 20.6. The predicted octanol–water partition coefficient (Wildman–Crippen LogP) is 4.10. The molecule has 196 valence electrons. The lowest BCUT2D eigenvalue weighted by atomic mass is 10.1. The van der Waals surface area contributed by atoms with E-state index >= 15 is 0 Å². The van der Waals surface area contributed by atoms with E-state index < -0.39 is 46.1 Å². The van der Waals surface area contributed by atoms with Crippen LogP contribution in [0.3, 0.4) is 0 Å². The molecule has 0 aliphatic rings. The summed E-state index contributed by atoms with van der Waals surface area (Å²) in [6.45, 7) is 3.20. The van der Waals surface area contributed by atoms with Crippen LogP contribution in [0.2, 0.25) is 0 Å². The molecule has 3 aromatic rings. The van der Waals surface area contributed by atoms with Crippen molar-refractivity contribution in [2.75, 3.05) is 17.4 Å². The van der Waals surface area contributed by atoms with Crippen molar-refractivity contribution < 1.29 is 26.8 Å². The second-order valence-corrected chi connectivity index (χ2v) is 10.3. The third-order valence-electron chi connectivity index (χ3n) is 5.71. The molecule has 0 fully saturated rings. The second kappa shape index (κ2) is 12.4. The van der Waals surface area contributed by atoms with Gasteiger partial charge in [-0.05, 0) is 67.4 Å². The highest BCUT2D eigenvalue weighted by Crippen LogP contribution is 2.24. The first-order valence-corrected chi connectivity index (χ1v) is 13.2. The molecule has 10 heteroatoms. The molecule has 0 aliphatic carbocycles. The Morgan fingerprint density at radius 2 is 1.46 bits per heavy atom. The van der Waals surface area contributed by atoms with Gasteiger partial charge in [0.1, 0.15) is 24.2 Å². The number of nitrogens with one attached hydrogen (secondary N) is 1. The molecule has 0 aliphatic heterocycles. The highest BCUT2D eigenvalue weighted by atomic mass is 32.2. The fourth-order valence-corrected chi connectivity index (χ4v) is 5.04. The van der Waals surface area contributed by atoms with E-state index in [1.165, 1.54) is 41.3 Å². The number of para-hydroxylation sites is 1. The van der Waals surface area contributed by atoms with E-state index in [0.29, 0.717) is 18.5 Å². The molecule has 0 spiro atoms. The van der Waals surface area contributed by atoms with Gasteiger partial charge in [0, 0.05) is 13.1 Å². The van der Waals surface area contributed by atoms with Gasteiger partial charge in [-0.15, -0.1) is 0 Å². The maximum absolute atomic E-state index is 13.7. The molecule has 1 N–H and O–H groups in total. The Kier molecular flexibility index (Phi) is 9.35. The fraction of sp³-hybridized carbons (Fsp3) is 0.259. The molecular weight excluding hydrogens is 500 g/mol. The van der Waals surface area contributed by atoms with Gasteiger partial charge >= 0.3 is 0 Å². The summed E-state index contributed by atoms with van der Waals surface area (Å²) in [5.74, 6) is -2.09. The summed E-state index contributed by atoms with van der Waals surface area (Å²) in [4.78, 5) is 27.5. The maximum atomic E-state index is 13.7. The van der Waals surface area contributed by atoms with Crippen LogP contribution in [0.15, 0.2) is 83.8 Å². The van der Waals surface area contributed by atoms with E-state index in [1.54, 1.807) is 25.1 Å². The number of nitrogens with zero attached hydrogens (tertiary/aromatic N) is 2. The Labute approximate surface area is 215 Å². The molecule has 0 radical (unpaired) electrons. The van der Waals surface area contributed by atoms with Gasteiger partial charge in [0.25, 0.3) is 10.0 Å². The standard InChI is InChI=1S/C27H29F2N3O4S/c1-3-17-30-27(34)20(2)31(18-21-9-11-22(28)12-10-21)26(33)19-32(24-7-5-4-6-8-24)37(35,36)25-15-13-23(29)14-16-25/h4-16,20H,3,17-19H2,1-2H3,(H,30,34). The average Bonchev–Trinajstić information content (AvgIpc) is 2.90. The number of hydrogen-bond acceptors (Lipinski definition) is 4. The van der Waals surface area contributed by atoms with Gasteiger partial charge < -0.3 is 10.2 Å². The number of sulfonamides is 1. The minimum absolute atomic E-state index is 0.0426. The summed E-state index contributed by atoms with van der Waals surface area (Å²) in [5.41, 5.74) is 0.794. The Morgan fingerprint density at radius 1 is 0.892 bits per heavy atom. The van der Waals surface area contributed by atoms with Crippen molar-refractivity contribution in [3.8, 4) is 0 Å². The zero-order chi connectivity index (χ0) is 27.0. The van der Waals surface area contributed by atoms with Gasteiger partial charge in [-0.25, -0.2) is 17.2 Å². The Morgan fingerprint density at radius 3 is 2.03 bits per heavy atom. The van der Waals surface area contributed by atoms with Crippen molar-refractivity contribution in [2.24, 2.45) is 0 Å². The van der Waals surface area contributed by atoms with Gasteiger partial charge in [0.2, 0.25) is 11.8 Å². The van der Waals surface area contributed by atoms with E-state index in [9.17, 15) is 26.8 Å². The third kappa shape index (κ3) is 7.13. The predicted molar refractivity (Wildman–Crippen MR) is 137 cm³/mol. The summed E-state index contributed by atoms with van der Waals surface area (Å²) >= 11 is 0. The van der Waals surface area contributed by atoms with Crippen molar-refractivity contribution >= 4 is 27.5 Å². The Hall–Kier alpha value is -3.79. The Bertz CT molecular complexity index is 1300. The first kappa shape index (κ1) is 27.8. The van der Waals surface area contributed by atoms with Crippen LogP contribution in [0, 0.1) is 11.6 Å². The van der Waals surface area contributed by atoms with E-state index in [-0.39, 0.29) is 17.1 Å². The summed E-state index contributed by atoms with van der Waals surface area (Å²) in [7, 11) is -4.27. The molecule has 0 heterocycles. The molecule has 1 atom stereocenters. The first-order chi connectivity index (χ1) is 17.6.